The summed E-state index contributed by atoms with van der Waals surface area (Å²) in [7, 11) is 0. The second-order valence-electron chi connectivity index (χ2n) is 4.05. The first-order chi connectivity index (χ1) is 7.70. The molecule has 1 unspecified atom stereocenters. The molecule has 1 aliphatic heterocycles. The SMILES string of the molecule is CCC1CN(c2cc(Br)ccc2N)CCS1. The molecular formula is C12H17BrN2S. The minimum absolute atomic E-state index is 0.743. The van der Waals surface area contributed by atoms with Gasteiger partial charge < -0.3 is 10.6 Å². The van der Waals surface area contributed by atoms with Crippen LogP contribution < -0.4 is 10.6 Å². The van der Waals surface area contributed by atoms with E-state index in [9.17, 15) is 0 Å². The number of halogens is 1. The van der Waals surface area contributed by atoms with Gasteiger partial charge in [0.05, 0.1) is 11.4 Å². The van der Waals surface area contributed by atoms with Crippen molar-refractivity contribution in [2.24, 2.45) is 0 Å². The first-order valence-electron chi connectivity index (χ1n) is 5.62. The molecule has 1 aromatic carbocycles. The van der Waals surface area contributed by atoms with E-state index in [0.717, 1.165) is 28.5 Å². The zero-order valence-electron chi connectivity index (χ0n) is 9.45. The number of hydrogen-bond acceptors (Lipinski definition) is 3. The van der Waals surface area contributed by atoms with E-state index >= 15 is 0 Å². The summed E-state index contributed by atoms with van der Waals surface area (Å²) >= 11 is 5.59. The van der Waals surface area contributed by atoms with Crippen molar-refractivity contribution in [3.63, 3.8) is 0 Å². The molecular weight excluding hydrogens is 284 g/mol. The van der Waals surface area contributed by atoms with Gasteiger partial charge in [-0.25, -0.2) is 0 Å². The lowest BCUT2D eigenvalue weighted by atomic mass is 10.2. The molecule has 0 amide bonds. The summed E-state index contributed by atoms with van der Waals surface area (Å²) in [5.41, 5.74) is 8.09. The summed E-state index contributed by atoms with van der Waals surface area (Å²) in [5, 5.41) is 0.743. The standard InChI is InChI=1S/C12H17BrN2S/c1-2-10-8-15(5-6-16-10)12-7-9(13)3-4-11(12)14/h3-4,7,10H,2,5-6,8,14H2,1H3. The molecule has 1 heterocycles. The van der Waals surface area contributed by atoms with Gasteiger partial charge in [0.2, 0.25) is 0 Å². The average Bonchev–Trinajstić information content (AvgIpc) is 2.32. The third kappa shape index (κ3) is 2.66. The Morgan fingerprint density at radius 2 is 2.38 bits per heavy atom. The van der Waals surface area contributed by atoms with Gasteiger partial charge in [-0.15, -0.1) is 0 Å². The first-order valence-corrected chi connectivity index (χ1v) is 7.46. The van der Waals surface area contributed by atoms with Crippen LogP contribution in [0.1, 0.15) is 13.3 Å². The lowest BCUT2D eigenvalue weighted by Gasteiger charge is -2.34. The second-order valence-corrected chi connectivity index (χ2v) is 6.37. The molecule has 1 saturated heterocycles. The molecule has 88 valence electrons. The van der Waals surface area contributed by atoms with E-state index in [-0.39, 0.29) is 0 Å². The van der Waals surface area contributed by atoms with Crippen LogP contribution in [0.5, 0.6) is 0 Å². The van der Waals surface area contributed by atoms with Gasteiger partial charge in [-0.3, -0.25) is 0 Å². The Morgan fingerprint density at radius 1 is 1.56 bits per heavy atom. The molecule has 2 nitrogen and oxygen atoms in total. The lowest BCUT2D eigenvalue weighted by molar-refractivity contribution is 0.729. The van der Waals surface area contributed by atoms with Gasteiger partial charge in [0.1, 0.15) is 0 Å². The van der Waals surface area contributed by atoms with Gasteiger partial charge in [0, 0.05) is 28.6 Å². The van der Waals surface area contributed by atoms with Crippen molar-refractivity contribution in [2.45, 2.75) is 18.6 Å². The molecule has 1 atom stereocenters. The Kier molecular flexibility index (Phi) is 4.03. The lowest BCUT2D eigenvalue weighted by Crippen LogP contribution is -2.38. The Morgan fingerprint density at radius 3 is 3.12 bits per heavy atom. The number of nitrogens with two attached hydrogens (primary N) is 1. The van der Waals surface area contributed by atoms with Gasteiger partial charge in [-0.05, 0) is 24.6 Å². The molecule has 1 aliphatic rings. The number of nitrogen functional groups attached to an aromatic ring is 1. The minimum Gasteiger partial charge on any atom is -0.397 e. The molecule has 4 heteroatoms. The van der Waals surface area contributed by atoms with Crippen molar-refractivity contribution in [1.82, 2.24) is 0 Å². The number of benzene rings is 1. The van der Waals surface area contributed by atoms with Gasteiger partial charge in [0.15, 0.2) is 0 Å². The maximum absolute atomic E-state index is 6.04. The highest BCUT2D eigenvalue weighted by molar-refractivity contribution is 9.10. The molecule has 16 heavy (non-hydrogen) atoms. The van der Waals surface area contributed by atoms with Crippen LogP contribution in [0.25, 0.3) is 0 Å². The van der Waals surface area contributed by atoms with Crippen molar-refractivity contribution >= 4 is 39.1 Å². The number of nitrogens with zero attached hydrogens (tertiary/aromatic N) is 1. The van der Waals surface area contributed by atoms with Crippen molar-refractivity contribution in [3.05, 3.63) is 22.7 Å². The summed E-state index contributed by atoms with van der Waals surface area (Å²) in [6.07, 6.45) is 1.23. The summed E-state index contributed by atoms with van der Waals surface area (Å²) in [6, 6.07) is 6.09. The van der Waals surface area contributed by atoms with Crippen molar-refractivity contribution in [2.75, 3.05) is 29.5 Å². The van der Waals surface area contributed by atoms with E-state index in [2.05, 4.69) is 45.6 Å². The van der Waals surface area contributed by atoms with Gasteiger partial charge >= 0.3 is 0 Å². The Balaban J connectivity index is 2.19. The summed E-state index contributed by atoms with van der Waals surface area (Å²) in [6.45, 7) is 4.47. The molecule has 2 N–H and O–H groups in total. The van der Waals surface area contributed by atoms with Crippen molar-refractivity contribution in [1.29, 1.82) is 0 Å². The third-order valence-electron chi connectivity index (χ3n) is 2.93. The zero-order valence-corrected chi connectivity index (χ0v) is 11.9. The van der Waals surface area contributed by atoms with Gasteiger partial charge in [-0.1, -0.05) is 22.9 Å². The van der Waals surface area contributed by atoms with E-state index in [1.54, 1.807) is 0 Å². The molecule has 2 rings (SSSR count). The van der Waals surface area contributed by atoms with E-state index in [4.69, 9.17) is 5.73 Å². The highest BCUT2D eigenvalue weighted by Gasteiger charge is 2.20. The van der Waals surface area contributed by atoms with E-state index in [0.29, 0.717) is 0 Å². The van der Waals surface area contributed by atoms with Crippen molar-refractivity contribution in [3.8, 4) is 0 Å². The second kappa shape index (κ2) is 5.32. The number of anilines is 2. The maximum atomic E-state index is 6.04. The van der Waals surface area contributed by atoms with Crippen LogP contribution in [-0.4, -0.2) is 24.1 Å². The normalized spacial score (nSPS) is 21.1. The molecule has 0 aromatic heterocycles. The van der Waals surface area contributed by atoms with E-state index in [1.807, 2.05) is 12.1 Å². The van der Waals surface area contributed by atoms with Crippen LogP contribution in [0.15, 0.2) is 22.7 Å². The molecule has 0 radical (unpaired) electrons. The molecule has 0 spiro atoms. The fourth-order valence-electron chi connectivity index (χ4n) is 1.98. The topological polar surface area (TPSA) is 29.3 Å². The molecule has 0 bridgehead atoms. The first kappa shape index (κ1) is 12.1. The van der Waals surface area contributed by atoms with Crippen LogP contribution >= 0.6 is 27.7 Å². The highest BCUT2D eigenvalue weighted by atomic mass is 79.9. The van der Waals surface area contributed by atoms with Crippen LogP contribution in [-0.2, 0) is 0 Å². The van der Waals surface area contributed by atoms with Crippen LogP contribution in [0.4, 0.5) is 11.4 Å². The average molecular weight is 301 g/mol. The number of hydrogen-bond donors (Lipinski definition) is 1. The minimum atomic E-state index is 0.743. The predicted octanol–water partition coefficient (Wildman–Crippen LogP) is 3.36. The monoisotopic (exact) mass is 300 g/mol. The Bertz CT molecular complexity index is 370. The van der Waals surface area contributed by atoms with Crippen LogP contribution in [0, 0.1) is 0 Å². The fourth-order valence-corrected chi connectivity index (χ4v) is 3.50. The predicted molar refractivity (Wildman–Crippen MR) is 77.3 cm³/mol. The smallest absolute Gasteiger partial charge is 0.0611 e. The third-order valence-corrected chi connectivity index (χ3v) is 4.79. The van der Waals surface area contributed by atoms with Crippen LogP contribution in [0.3, 0.4) is 0 Å². The number of thioether (sulfide) groups is 1. The summed E-state index contributed by atoms with van der Waals surface area (Å²) in [4.78, 5) is 2.41. The number of rotatable bonds is 2. The summed E-state index contributed by atoms with van der Waals surface area (Å²) in [5.74, 6) is 1.20. The largest absolute Gasteiger partial charge is 0.397 e. The van der Waals surface area contributed by atoms with E-state index < -0.39 is 0 Å². The van der Waals surface area contributed by atoms with Gasteiger partial charge in [0.25, 0.3) is 0 Å². The fraction of sp³-hybridized carbons (Fsp3) is 0.500. The van der Waals surface area contributed by atoms with E-state index in [1.165, 1.54) is 17.9 Å². The Labute approximate surface area is 110 Å². The molecule has 0 saturated carbocycles. The maximum Gasteiger partial charge on any atom is 0.0611 e. The summed E-state index contributed by atoms with van der Waals surface area (Å²) < 4.78 is 1.10. The highest BCUT2D eigenvalue weighted by Crippen LogP contribution is 2.31. The zero-order chi connectivity index (χ0) is 11.5. The van der Waals surface area contributed by atoms with Gasteiger partial charge in [-0.2, -0.15) is 11.8 Å². The molecule has 0 aliphatic carbocycles. The molecule has 1 aromatic rings. The molecule has 1 fully saturated rings. The van der Waals surface area contributed by atoms with Crippen molar-refractivity contribution < 1.29 is 0 Å². The Hall–Kier alpha value is -0.350. The van der Waals surface area contributed by atoms with Crippen LogP contribution in [0.2, 0.25) is 0 Å². The quantitative estimate of drug-likeness (QED) is 0.849.